The third-order valence-electron chi connectivity index (χ3n) is 2.54. The summed E-state index contributed by atoms with van der Waals surface area (Å²) >= 11 is 3.22. The number of aromatic nitrogens is 2. The summed E-state index contributed by atoms with van der Waals surface area (Å²) in [5, 5.41) is 9.24. The van der Waals surface area contributed by atoms with Crippen molar-refractivity contribution in [3.63, 3.8) is 0 Å². The first-order chi connectivity index (χ1) is 9.78. The number of rotatable bonds is 8. The van der Waals surface area contributed by atoms with E-state index in [0.717, 1.165) is 28.8 Å². The summed E-state index contributed by atoms with van der Waals surface area (Å²) in [5.74, 6) is -0.168. The SMILES string of the molecule is CCOC(=O)CCc1csc(NCCc2nccs2)n1. The van der Waals surface area contributed by atoms with Crippen LogP contribution >= 0.6 is 22.7 Å². The number of carbonyl (C=O) groups excluding carboxylic acids is 1. The van der Waals surface area contributed by atoms with E-state index in [4.69, 9.17) is 4.74 Å². The molecule has 7 heteroatoms. The van der Waals surface area contributed by atoms with Gasteiger partial charge in [-0.2, -0.15) is 0 Å². The van der Waals surface area contributed by atoms with Gasteiger partial charge in [-0.05, 0) is 6.92 Å². The molecule has 5 nitrogen and oxygen atoms in total. The van der Waals surface area contributed by atoms with Crippen molar-refractivity contribution in [1.82, 2.24) is 9.97 Å². The molecule has 0 amide bonds. The zero-order valence-corrected chi connectivity index (χ0v) is 12.9. The number of anilines is 1. The maximum atomic E-state index is 11.3. The van der Waals surface area contributed by atoms with Gasteiger partial charge in [-0.15, -0.1) is 22.7 Å². The molecule has 20 heavy (non-hydrogen) atoms. The first-order valence-electron chi connectivity index (χ1n) is 6.50. The summed E-state index contributed by atoms with van der Waals surface area (Å²) in [5.41, 5.74) is 0.930. The Labute approximate surface area is 126 Å². The maximum absolute atomic E-state index is 11.3. The van der Waals surface area contributed by atoms with Gasteiger partial charge >= 0.3 is 5.97 Å². The van der Waals surface area contributed by atoms with Crippen LogP contribution in [0.15, 0.2) is 17.0 Å². The lowest BCUT2D eigenvalue weighted by atomic mass is 10.2. The monoisotopic (exact) mass is 311 g/mol. The van der Waals surface area contributed by atoms with Gasteiger partial charge < -0.3 is 10.1 Å². The molecule has 1 N–H and O–H groups in total. The van der Waals surface area contributed by atoms with Crippen LogP contribution in [0.1, 0.15) is 24.0 Å². The topological polar surface area (TPSA) is 64.1 Å². The van der Waals surface area contributed by atoms with Crippen LogP contribution in [0, 0.1) is 0 Å². The molecule has 0 unspecified atom stereocenters. The molecular weight excluding hydrogens is 294 g/mol. The Morgan fingerprint density at radius 1 is 1.40 bits per heavy atom. The van der Waals surface area contributed by atoms with Crippen molar-refractivity contribution in [3.8, 4) is 0 Å². The highest BCUT2D eigenvalue weighted by molar-refractivity contribution is 7.13. The Balaban J connectivity index is 1.70. The van der Waals surface area contributed by atoms with Crippen molar-refractivity contribution in [2.75, 3.05) is 18.5 Å². The number of hydrogen-bond acceptors (Lipinski definition) is 7. The second-order valence-corrected chi connectivity index (χ2v) is 5.89. The molecule has 108 valence electrons. The zero-order chi connectivity index (χ0) is 14.2. The van der Waals surface area contributed by atoms with Gasteiger partial charge in [-0.1, -0.05) is 0 Å². The zero-order valence-electron chi connectivity index (χ0n) is 11.3. The Hall–Kier alpha value is -1.47. The molecular formula is C13H17N3O2S2. The number of nitrogens with zero attached hydrogens (tertiary/aromatic N) is 2. The lowest BCUT2D eigenvalue weighted by molar-refractivity contribution is -0.143. The van der Waals surface area contributed by atoms with E-state index in [9.17, 15) is 4.79 Å². The number of hydrogen-bond donors (Lipinski definition) is 1. The molecule has 2 heterocycles. The van der Waals surface area contributed by atoms with E-state index in [2.05, 4.69) is 15.3 Å². The van der Waals surface area contributed by atoms with Crippen LogP contribution in [0.5, 0.6) is 0 Å². The second kappa shape index (κ2) is 7.96. The third kappa shape index (κ3) is 4.90. The first kappa shape index (κ1) is 14.9. The molecule has 0 aliphatic carbocycles. The predicted octanol–water partition coefficient (Wildman–Crippen LogP) is 2.75. The summed E-state index contributed by atoms with van der Waals surface area (Å²) in [6, 6.07) is 0. The highest BCUT2D eigenvalue weighted by atomic mass is 32.1. The van der Waals surface area contributed by atoms with Crippen molar-refractivity contribution in [1.29, 1.82) is 0 Å². The Bertz CT molecular complexity index is 525. The summed E-state index contributed by atoms with van der Waals surface area (Å²) in [7, 11) is 0. The number of carbonyl (C=O) groups is 1. The van der Waals surface area contributed by atoms with Crippen LogP contribution in [0.2, 0.25) is 0 Å². The molecule has 2 aromatic rings. The van der Waals surface area contributed by atoms with Crippen LogP contribution in [0.4, 0.5) is 5.13 Å². The standard InChI is InChI=1S/C13H17N3O2S2/c1-2-18-12(17)4-3-10-9-20-13(16-10)15-6-5-11-14-7-8-19-11/h7-9H,2-6H2,1H3,(H,15,16). The number of esters is 1. The van der Waals surface area contributed by atoms with Gasteiger partial charge in [0.15, 0.2) is 5.13 Å². The van der Waals surface area contributed by atoms with E-state index in [1.807, 2.05) is 23.9 Å². The minimum Gasteiger partial charge on any atom is -0.466 e. The molecule has 0 radical (unpaired) electrons. The molecule has 0 aliphatic heterocycles. The van der Waals surface area contributed by atoms with Gasteiger partial charge in [0.2, 0.25) is 0 Å². The fraction of sp³-hybridized carbons (Fsp3) is 0.462. The fourth-order valence-corrected chi connectivity index (χ4v) is 3.01. The average Bonchev–Trinajstić information content (AvgIpc) is 3.08. The largest absolute Gasteiger partial charge is 0.466 e. The van der Waals surface area contributed by atoms with Crippen molar-refractivity contribution >= 4 is 33.8 Å². The minimum absolute atomic E-state index is 0.168. The molecule has 0 bridgehead atoms. The number of thiazole rings is 2. The Morgan fingerprint density at radius 2 is 2.30 bits per heavy atom. The van der Waals surface area contributed by atoms with Crippen LogP contribution in [0.3, 0.4) is 0 Å². The van der Waals surface area contributed by atoms with Gasteiger partial charge in [0.1, 0.15) is 0 Å². The summed E-state index contributed by atoms with van der Waals surface area (Å²) in [6.07, 6.45) is 3.73. The van der Waals surface area contributed by atoms with Crippen LogP contribution in [-0.4, -0.2) is 29.1 Å². The first-order valence-corrected chi connectivity index (χ1v) is 8.26. The van der Waals surface area contributed by atoms with Crippen LogP contribution in [-0.2, 0) is 22.4 Å². The van der Waals surface area contributed by atoms with Crippen molar-refractivity contribution < 1.29 is 9.53 Å². The predicted molar refractivity (Wildman–Crippen MR) is 81.4 cm³/mol. The Kier molecular flexibility index (Phi) is 5.94. The van der Waals surface area contributed by atoms with Crippen molar-refractivity contribution in [2.45, 2.75) is 26.2 Å². The molecule has 0 atom stereocenters. The van der Waals surface area contributed by atoms with Crippen molar-refractivity contribution in [2.24, 2.45) is 0 Å². The fourth-order valence-electron chi connectivity index (χ4n) is 1.62. The van der Waals surface area contributed by atoms with E-state index in [-0.39, 0.29) is 5.97 Å². The number of nitrogens with one attached hydrogen (secondary N) is 1. The van der Waals surface area contributed by atoms with Crippen LogP contribution in [0.25, 0.3) is 0 Å². The summed E-state index contributed by atoms with van der Waals surface area (Å²) in [6.45, 7) is 3.06. The normalized spacial score (nSPS) is 10.4. The molecule has 2 aromatic heterocycles. The van der Waals surface area contributed by atoms with Crippen molar-refractivity contribution in [3.05, 3.63) is 27.7 Å². The lowest BCUT2D eigenvalue weighted by Crippen LogP contribution is -2.06. The van der Waals surface area contributed by atoms with Gasteiger partial charge in [-0.3, -0.25) is 4.79 Å². The number of ether oxygens (including phenoxy) is 1. The van der Waals surface area contributed by atoms with Gasteiger partial charge in [0.25, 0.3) is 0 Å². The number of aryl methyl sites for hydroxylation is 1. The highest BCUT2D eigenvalue weighted by Crippen LogP contribution is 2.17. The smallest absolute Gasteiger partial charge is 0.306 e. The lowest BCUT2D eigenvalue weighted by Gasteiger charge is -2.00. The Morgan fingerprint density at radius 3 is 3.05 bits per heavy atom. The van der Waals surface area contributed by atoms with Gasteiger partial charge in [0, 0.05) is 36.3 Å². The van der Waals surface area contributed by atoms with Gasteiger partial charge in [-0.25, -0.2) is 9.97 Å². The van der Waals surface area contributed by atoms with E-state index < -0.39 is 0 Å². The van der Waals surface area contributed by atoms with E-state index in [1.54, 1.807) is 22.7 Å². The quantitative estimate of drug-likeness (QED) is 0.759. The highest BCUT2D eigenvalue weighted by Gasteiger charge is 2.06. The molecule has 0 saturated heterocycles. The van der Waals surface area contributed by atoms with Crippen LogP contribution < -0.4 is 5.32 Å². The minimum atomic E-state index is -0.168. The van der Waals surface area contributed by atoms with Gasteiger partial charge in [0.05, 0.1) is 23.7 Å². The maximum Gasteiger partial charge on any atom is 0.306 e. The molecule has 2 rings (SSSR count). The van der Waals surface area contributed by atoms with E-state index in [0.29, 0.717) is 19.4 Å². The second-order valence-electron chi connectivity index (χ2n) is 4.05. The molecule has 0 aromatic carbocycles. The van der Waals surface area contributed by atoms with E-state index in [1.165, 1.54) is 0 Å². The average molecular weight is 311 g/mol. The molecule has 0 fully saturated rings. The third-order valence-corrected chi connectivity index (χ3v) is 4.23. The van der Waals surface area contributed by atoms with E-state index >= 15 is 0 Å². The summed E-state index contributed by atoms with van der Waals surface area (Å²) < 4.78 is 4.89. The molecule has 0 saturated carbocycles. The summed E-state index contributed by atoms with van der Waals surface area (Å²) in [4.78, 5) is 19.9. The molecule has 0 spiro atoms. The molecule has 0 aliphatic rings.